The molecule has 0 aromatic heterocycles. The third kappa shape index (κ3) is 6.91. The molecule has 0 radical (unpaired) electrons. The molecule has 1 heterocycles. The van der Waals surface area contributed by atoms with E-state index in [4.69, 9.17) is 16.3 Å². The van der Waals surface area contributed by atoms with Crippen molar-refractivity contribution in [3.05, 3.63) is 63.2 Å². The van der Waals surface area contributed by atoms with Crippen LogP contribution in [0.5, 0.6) is 0 Å². The number of rotatable bonds is 8. The first kappa shape index (κ1) is 24.0. The molecule has 0 atom stereocenters. The number of benzene rings is 2. The third-order valence-corrected chi connectivity index (χ3v) is 5.35. The predicted octanol–water partition coefficient (Wildman–Crippen LogP) is 3.15. The Labute approximate surface area is 195 Å². The van der Waals surface area contributed by atoms with Crippen LogP contribution in [0.1, 0.15) is 29.6 Å². The lowest BCUT2D eigenvalue weighted by molar-refractivity contribution is -0.384. The molecule has 10 nitrogen and oxygen atoms in total. The van der Waals surface area contributed by atoms with E-state index in [9.17, 15) is 24.5 Å². The molecular formula is C22H23ClN4O6. The van der Waals surface area contributed by atoms with Crippen LogP contribution in [0.2, 0.25) is 5.02 Å². The third-order valence-electron chi connectivity index (χ3n) is 5.03. The molecule has 174 valence electrons. The number of carbonyl (C=O) groups is 3. The Balaban J connectivity index is 1.41. The molecule has 0 saturated carbocycles. The lowest BCUT2D eigenvalue weighted by Crippen LogP contribution is -2.32. The summed E-state index contributed by atoms with van der Waals surface area (Å²) in [6, 6.07) is 11.0. The van der Waals surface area contributed by atoms with Gasteiger partial charge in [-0.2, -0.15) is 0 Å². The molecule has 2 amide bonds. The van der Waals surface area contributed by atoms with Crippen LogP contribution in [-0.4, -0.2) is 48.9 Å². The predicted molar refractivity (Wildman–Crippen MR) is 123 cm³/mol. The van der Waals surface area contributed by atoms with Gasteiger partial charge in [0.25, 0.3) is 17.5 Å². The fraction of sp³-hybridized carbons (Fsp3) is 0.318. The van der Waals surface area contributed by atoms with E-state index >= 15 is 0 Å². The van der Waals surface area contributed by atoms with Crippen molar-refractivity contribution in [3.63, 3.8) is 0 Å². The van der Waals surface area contributed by atoms with Gasteiger partial charge >= 0.3 is 5.97 Å². The summed E-state index contributed by atoms with van der Waals surface area (Å²) in [5, 5.41) is 15.7. The van der Waals surface area contributed by atoms with Gasteiger partial charge in [-0.3, -0.25) is 24.5 Å². The number of nitro groups is 1. The number of carbonyl (C=O) groups excluding carboxylic acids is 3. The number of nitrogens with one attached hydrogen (secondary N) is 2. The molecule has 0 unspecified atom stereocenters. The minimum Gasteiger partial charge on any atom is -0.454 e. The summed E-state index contributed by atoms with van der Waals surface area (Å²) in [7, 11) is 0. The number of piperidine rings is 1. The van der Waals surface area contributed by atoms with E-state index in [0.29, 0.717) is 5.69 Å². The van der Waals surface area contributed by atoms with Crippen molar-refractivity contribution in [1.29, 1.82) is 0 Å². The van der Waals surface area contributed by atoms with Crippen LogP contribution >= 0.6 is 11.6 Å². The van der Waals surface area contributed by atoms with Gasteiger partial charge in [0.15, 0.2) is 6.61 Å². The van der Waals surface area contributed by atoms with Gasteiger partial charge < -0.3 is 20.3 Å². The number of anilines is 2. The van der Waals surface area contributed by atoms with Gasteiger partial charge in [-0.15, -0.1) is 0 Å². The number of hydrogen-bond acceptors (Lipinski definition) is 7. The van der Waals surface area contributed by atoms with Crippen molar-refractivity contribution in [2.75, 3.05) is 36.5 Å². The largest absolute Gasteiger partial charge is 0.454 e. The second kappa shape index (κ2) is 11.3. The first-order chi connectivity index (χ1) is 15.8. The van der Waals surface area contributed by atoms with Crippen molar-refractivity contribution in [2.45, 2.75) is 19.3 Å². The Kier molecular flexibility index (Phi) is 8.20. The van der Waals surface area contributed by atoms with E-state index in [1.807, 2.05) is 12.1 Å². The standard InChI is InChI=1S/C22H23ClN4O6/c23-18-9-4-15(12-19(18)27(31)32)22(30)24-13-21(29)33-14-20(28)25-16-5-7-17(8-6-16)26-10-2-1-3-11-26/h4-9,12H,1-3,10-11,13-14H2,(H,24,30)(H,25,28). The number of nitro benzene ring substituents is 1. The van der Waals surface area contributed by atoms with Gasteiger partial charge in [0, 0.05) is 36.1 Å². The Hall–Kier alpha value is -3.66. The van der Waals surface area contributed by atoms with Crippen molar-refractivity contribution >= 4 is 46.4 Å². The lowest BCUT2D eigenvalue weighted by atomic mass is 10.1. The fourth-order valence-electron chi connectivity index (χ4n) is 3.35. The summed E-state index contributed by atoms with van der Waals surface area (Å²) in [4.78, 5) is 48.4. The summed E-state index contributed by atoms with van der Waals surface area (Å²) in [5.41, 5.74) is 1.22. The molecule has 1 aliphatic rings. The SMILES string of the molecule is O=C(COC(=O)CNC(=O)c1ccc(Cl)c([N+](=O)[O-])c1)Nc1ccc(N2CCCCC2)cc1. The molecule has 33 heavy (non-hydrogen) atoms. The highest BCUT2D eigenvalue weighted by atomic mass is 35.5. The Bertz CT molecular complexity index is 1040. The number of nitrogens with zero attached hydrogens (tertiary/aromatic N) is 2. The van der Waals surface area contributed by atoms with Crippen molar-refractivity contribution in [2.24, 2.45) is 0 Å². The normalized spacial score (nSPS) is 13.2. The fourth-order valence-corrected chi connectivity index (χ4v) is 3.54. The highest BCUT2D eigenvalue weighted by Crippen LogP contribution is 2.25. The summed E-state index contributed by atoms with van der Waals surface area (Å²) in [6.07, 6.45) is 3.59. The Morgan fingerprint density at radius 3 is 2.42 bits per heavy atom. The molecule has 0 aliphatic carbocycles. The second-order valence-corrected chi connectivity index (χ2v) is 7.82. The topological polar surface area (TPSA) is 131 Å². The van der Waals surface area contributed by atoms with E-state index in [-0.39, 0.29) is 10.6 Å². The molecule has 0 spiro atoms. The molecule has 1 fully saturated rings. The Morgan fingerprint density at radius 1 is 1.06 bits per heavy atom. The summed E-state index contributed by atoms with van der Waals surface area (Å²) in [6.45, 7) is 1.02. The van der Waals surface area contributed by atoms with Crippen molar-refractivity contribution in [1.82, 2.24) is 5.32 Å². The van der Waals surface area contributed by atoms with Crippen LogP contribution in [0, 0.1) is 10.1 Å². The highest BCUT2D eigenvalue weighted by Gasteiger charge is 2.17. The van der Waals surface area contributed by atoms with Gasteiger partial charge in [0.1, 0.15) is 11.6 Å². The monoisotopic (exact) mass is 474 g/mol. The van der Waals surface area contributed by atoms with E-state index in [1.54, 1.807) is 12.1 Å². The molecule has 2 aromatic carbocycles. The average Bonchev–Trinajstić information content (AvgIpc) is 2.82. The van der Waals surface area contributed by atoms with Gasteiger partial charge in [0.2, 0.25) is 0 Å². The average molecular weight is 475 g/mol. The summed E-state index contributed by atoms with van der Waals surface area (Å²) < 4.78 is 4.86. The molecule has 1 saturated heterocycles. The van der Waals surface area contributed by atoms with Crippen LogP contribution in [-0.2, 0) is 14.3 Å². The van der Waals surface area contributed by atoms with Crippen molar-refractivity contribution < 1.29 is 24.0 Å². The smallest absolute Gasteiger partial charge is 0.325 e. The van der Waals surface area contributed by atoms with Gasteiger partial charge in [-0.05, 0) is 55.7 Å². The van der Waals surface area contributed by atoms with E-state index in [2.05, 4.69) is 15.5 Å². The quantitative estimate of drug-likeness (QED) is 0.341. The molecule has 3 rings (SSSR count). The van der Waals surface area contributed by atoms with Gasteiger partial charge in [0.05, 0.1) is 4.92 Å². The molecule has 2 aromatic rings. The zero-order valence-corrected chi connectivity index (χ0v) is 18.5. The van der Waals surface area contributed by atoms with E-state index < -0.39 is 41.5 Å². The number of halogens is 1. The van der Waals surface area contributed by atoms with Gasteiger partial charge in [-0.1, -0.05) is 11.6 Å². The Morgan fingerprint density at radius 2 is 1.76 bits per heavy atom. The number of esters is 1. The molecule has 0 bridgehead atoms. The number of ether oxygens (including phenoxy) is 1. The van der Waals surface area contributed by atoms with Crippen LogP contribution in [0.4, 0.5) is 17.1 Å². The van der Waals surface area contributed by atoms with E-state index in [0.717, 1.165) is 24.8 Å². The second-order valence-electron chi connectivity index (χ2n) is 7.41. The zero-order valence-electron chi connectivity index (χ0n) is 17.7. The molecular weight excluding hydrogens is 452 g/mol. The lowest BCUT2D eigenvalue weighted by Gasteiger charge is -2.28. The van der Waals surface area contributed by atoms with Crippen molar-refractivity contribution in [3.8, 4) is 0 Å². The van der Waals surface area contributed by atoms with Crippen LogP contribution in [0.15, 0.2) is 42.5 Å². The molecule has 1 aliphatic heterocycles. The van der Waals surface area contributed by atoms with E-state index in [1.165, 1.54) is 31.4 Å². The maximum atomic E-state index is 12.1. The maximum Gasteiger partial charge on any atom is 0.325 e. The minimum atomic E-state index is -0.831. The van der Waals surface area contributed by atoms with Crippen LogP contribution in [0.3, 0.4) is 0 Å². The highest BCUT2D eigenvalue weighted by molar-refractivity contribution is 6.32. The van der Waals surface area contributed by atoms with Gasteiger partial charge in [-0.25, -0.2) is 0 Å². The minimum absolute atomic E-state index is 0.0374. The number of hydrogen-bond donors (Lipinski definition) is 2. The first-order valence-corrected chi connectivity index (χ1v) is 10.7. The maximum absolute atomic E-state index is 12.1. The summed E-state index contributed by atoms with van der Waals surface area (Å²) >= 11 is 5.71. The number of amides is 2. The van der Waals surface area contributed by atoms with Crippen LogP contribution in [0.25, 0.3) is 0 Å². The summed E-state index contributed by atoms with van der Waals surface area (Å²) in [5.74, 6) is -2.07. The van der Waals surface area contributed by atoms with Crippen LogP contribution < -0.4 is 15.5 Å². The zero-order chi connectivity index (χ0) is 23.8. The first-order valence-electron chi connectivity index (χ1n) is 10.4. The molecule has 2 N–H and O–H groups in total. The molecule has 11 heteroatoms.